The topological polar surface area (TPSA) is 76.2 Å². The molecule has 2 saturated heterocycles. The largest absolute Gasteiger partial charge is 0.462 e. The first-order valence-corrected chi connectivity index (χ1v) is 11.4. The third kappa shape index (κ3) is 5.79. The van der Waals surface area contributed by atoms with Gasteiger partial charge in [0.05, 0.1) is 19.1 Å². The first-order chi connectivity index (χ1) is 14.0. The average Bonchev–Trinajstić information content (AvgIpc) is 2.49. The lowest BCUT2D eigenvalue weighted by atomic mass is 9.78. The van der Waals surface area contributed by atoms with Crippen LogP contribution in [0.4, 0.5) is 0 Å². The summed E-state index contributed by atoms with van der Waals surface area (Å²) in [5.74, 6) is -0.226. The van der Waals surface area contributed by atoms with Crippen molar-refractivity contribution in [2.45, 2.75) is 129 Å². The Morgan fingerprint density at radius 3 is 1.71 bits per heavy atom. The van der Waals surface area contributed by atoms with Gasteiger partial charge >= 0.3 is 5.97 Å². The molecule has 2 fully saturated rings. The lowest BCUT2D eigenvalue weighted by molar-refractivity contribution is -0.167. The fraction of sp³-hybridized carbons (Fsp3) is 0.875. The van der Waals surface area contributed by atoms with Gasteiger partial charge in [-0.1, -0.05) is 0 Å². The molecule has 0 radical (unpaired) electrons. The van der Waals surface area contributed by atoms with Crippen LogP contribution in [-0.4, -0.2) is 69.1 Å². The van der Waals surface area contributed by atoms with Gasteiger partial charge < -0.3 is 19.3 Å². The smallest absolute Gasteiger partial charge is 0.308 e. The Bertz CT molecular complexity index is 662. The van der Waals surface area contributed by atoms with Gasteiger partial charge in [-0.25, -0.2) is 0 Å². The van der Waals surface area contributed by atoms with Crippen molar-refractivity contribution >= 4 is 18.3 Å². The molecule has 178 valence electrons. The van der Waals surface area contributed by atoms with Gasteiger partial charge in [-0.05, 0) is 68.2 Å². The van der Waals surface area contributed by atoms with Crippen molar-refractivity contribution < 1.29 is 23.9 Å². The second kappa shape index (κ2) is 8.72. The van der Waals surface area contributed by atoms with Gasteiger partial charge in [0.2, 0.25) is 12.3 Å². The molecule has 0 aromatic carbocycles. The summed E-state index contributed by atoms with van der Waals surface area (Å²) in [7, 11) is 0. The molecule has 2 amide bonds. The van der Waals surface area contributed by atoms with Crippen molar-refractivity contribution in [2.75, 3.05) is 6.61 Å². The zero-order chi connectivity index (χ0) is 23.8. The SMILES string of the molecule is CC(=O)N1C(C)(C)CC(OC(=O)CCOC2CC(C)(C)N(C=O)C(C)(C)C2)CC1(C)C. The van der Waals surface area contributed by atoms with Crippen LogP contribution in [0.25, 0.3) is 0 Å². The summed E-state index contributed by atoms with van der Waals surface area (Å²) in [5.41, 5.74) is -1.34. The fourth-order valence-corrected chi connectivity index (χ4v) is 6.28. The summed E-state index contributed by atoms with van der Waals surface area (Å²) in [6, 6.07) is 0. The molecule has 0 N–H and O–H groups in total. The average molecular weight is 439 g/mol. The van der Waals surface area contributed by atoms with Gasteiger partial charge in [-0.3, -0.25) is 14.4 Å². The minimum absolute atomic E-state index is 0.00864. The minimum Gasteiger partial charge on any atom is -0.462 e. The number of esters is 1. The van der Waals surface area contributed by atoms with Crippen LogP contribution in [0, 0.1) is 0 Å². The molecular weight excluding hydrogens is 396 g/mol. The third-order valence-electron chi connectivity index (χ3n) is 6.80. The van der Waals surface area contributed by atoms with E-state index in [1.54, 1.807) is 6.92 Å². The number of ether oxygens (including phenoxy) is 2. The molecule has 0 unspecified atom stereocenters. The maximum absolute atomic E-state index is 12.5. The van der Waals surface area contributed by atoms with Gasteiger partial charge in [-0.15, -0.1) is 0 Å². The summed E-state index contributed by atoms with van der Waals surface area (Å²) in [6.45, 7) is 18.2. The lowest BCUT2D eigenvalue weighted by Crippen LogP contribution is -2.63. The van der Waals surface area contributed by atoms with Gasteiger partial charge in [-0.2, -0.15) is 0 Å². The van der Waals surface area contributed by atoms with E-state index in [2.05, 4.69) is 0 Å². The highest BCUT2D eigenvalue weighted by Gasteiger charge is 2.48. The Hall–Kier alpha value is -1.63. The molecule has 0 aliphatic carbocycles. The number of hydrogen-bond donors (Lipinski definition) is 0. The maximum Gasteiger partial charge on any atom is 0.308 e. The number of carbonyl (C=O) groups excluding carboxylic acids is 3. The first kappa shape index (κ1) is 25.6. The van der Waals surface area contributed by atoms with Crippen LogP contribution in [-0.2, 0) is 23.9 Å². The zero-order valence-corrected chi connectivity index (χ0v) is 20.9. The number of likely N-dealkylation sites (tertiary alicyclic amines) is 2. The third-order valence-corrected chi connectivity index (χ3v) is 6.80. The molecule has 2 rings (SSSR count). The van der Waals surface area contributed by atoms with E-state index in [4.69, 9.17) is 9.47 Å². The van der Waals surface area contributed by atoms with Crippen LogP contribution in [0.3, 0.4) is 0 Å². The van der Waals surface area contributed by atoms with Crippen molar-refractivity contribution in [3.05, 3.63) is 0 Å². The van der Waals surface area contributed by atoms with E-state index in [1.807, 2.05) is 65.2 Å². The van der Waals surface area contributed by atoms with E-state index in [9.17, 15) is 14.4 Å². The van der Waals surface area contributed by atoms with Crippen LogP contribution < -0.4 is 0 Å². The predicted molar refractivity (Wildman–Crippen MR) is 119 cm³/mol. The van der Waals surface area contributed by atoms with Gasteiger partial charge in [0.25, 0.3) is 0 Å². The summed E-state index contributed by atoms with van der Waals surface area (Å²) in [6.07, 6.45) is 3.60. The number of rotatable bonds is 6. The second-order valence-electron chi connectivity index (χ2n) is 11.8. The van der Waals surface area contributed by atoms with Crippen LogP contribution in [0.2, 0.25) is 0 Å². The van der Waals surface area contributed by atoms with Crippen LogP contribution in [0.15, 0.2) is 0 Å². The number of piperidine rings is 2. The lowest BCUT2D eigenvalue weighted by Gasteiger charge is -2.54. The Labute approximate surface area is 187 Å². The molecule has 2 aliphatic heterocycles. The van der Waals surface area contributed by atoms with E-state index < -0.39 is 0 Å². The molecule has 2 heterocycles. The Balaban J connectivity index is 1.88. The normalized spacial score (nSPS) is 25.2. The van der Waals surface area contributed by atoms with E-state index in [-0.39, 0.29) is 52.7 Å². The van der Waals surface area contributed by atoms with Gasteiger partial charge in [0.1, 0.15) is 6.10 Å². The molecule has 0 saturated carbocycles. The molecule has 2 aliphatic rings. The minimum atomic E-state index is -0.376. The van der Waals surface area contributed by atoms with Crippen molar-refractivity contribution in [1.29, 1.82) is 0 Å². The van der Waals surface area contributed by atoms with E-state index in [1.165, 1.54) is 0 Å². The standard InChI is InChI=1S/C24H42N2O5/c1-17(28)26-23(6,7)14-19(15-24(26,8)9)31-20(29)10-11-30-18-12-21(2,3)25(16-27)22(4,5)13-18/h16,18-19H,10-15H2,1-9H3. The molecule has 0 bridgehead atoms. The second-order valence-corrected chi connectivity index (χ2v) is 11.8. The molecule has 31 heavy (non-hydrogen) atoms. The van der Waals surface area contributed by atoms with Crippen molar-refractivity contribution in [3.8, 4) is 0 Å². The Kier molecular flexibility index (Phi) is 7.21. The maximum atomic E-state index is 12.5. The van der Waals surface area contributed by atoms with E-state index in [0.29, 0.717) is 19.4 Å². The molecular formula is C24H42N2O5. The molecule has 0 aromatic heterocycles. The van der Waals surface area contributed by atoms with Crippen molar-refractivity contribution in [2.24, 2.45) is 0 Å². The van der Waals surface area contributed by atoms with Gasteiger partial charge in [0.15, 0.2) is 0 Å². The Morgan fingerprint density at radius 1 is 0.839 bits per heavy atom. The molecule has 0 atom stereocenters. The highest BCUT2D eigenvalue weighted by molar-refractivity contribution is 5.75. The molecule has 7 heteroatoms. The van der Waals surface area contributed by atoms with E-state index >= 15 is 0 Å². The predicted octanol–water partition coefficient (Wildman–Crippen LogP) is 3.68. The molecule has 0 spiro atoms. The quantitative estimate of drug-likeness (QED) is 0.467. The number of hydrogen-bond acceptors (Lipinski definition) is 5. The zero-order valence-electron chi connectivity index (χ0n) is 20.9. The fourth-order valence-electron chi connectivity index (χ4n) is 6.28. The highest BCUT2D eigenvalue weighted by atomic mass is 16.5. The van der Waals surface area contributed by atoms with Crippen LogP contribution >= 0.6 is 0 Å². The first-order valence-electron chi connectivity index (χ1n) is 11.4. The summed E-state index contributed by atoms with van der Waals surface area (Å²) in [4.78, 5) is 40.0. The number of carbonyl (C=O) groups is 3. The van der Waals surface area contributed by atoms with Crippen molar-refractivity contribution in [1.82, 2.24) is 9.80 Å². The van der Waals surface area contributed by atoms with Crippen molar-refractivity contribution in [3.63, 3.8) is 0 Å². The van der Waals surface area contributed by atoms with Crippen LogP contribution in [0.5, 0.6) is 0 Å². The van der Waals surface area contributed by atoms with Gasteiger partial charge in [0, 0.05) is 41.9 Å². The number of amides is 2. The molecule has 0 aromatic rings. The summed E-state index contributed by atoms with van der Waals surface area (Å²) in [5, 5.41) is 0. The Morgan fingerprint density at radius 2 is 1.29 bits per heavy atom. The highest BCUT2D eigenvalue weighted by Crippen LogP contribution is 2.40. The number of nitrogens with zero attached hydrogens (tertiary/aromatic N) is 2. The molecule has 7 nitrogen and oxygen atoms in total. The summed E-state index contributed by atoms with van der Waals surface area (Å²) >= 11 is 0. The van der Waals surface area contributed by atoms with E-state index in [0.717, 1.165) is 19.3 Å². The van der Waals surface area contributed by atoms with Crippen LogP contribution in [0.1, 0.15) is 94.4 Å². The summed E-state index contributed by atoms with van der Waals surface area (Å²) < 4.78 is 11.8. The monoisotopic (exact) mass is 438 g/mol.